The molecule has 1 aromatic carbocycles. The normalized spacial score (nSPS) is 34.8. The van der Waals surface area contributed by atoms with Gasteiger partial charge in [-0.05, 0) is 49.6 Å². The molecule has 1 aromatic rings. The monoisotopic (exact) mass is 438 g/mol. The Balaban J connectivity index is 1.34. The van der Waals surface area contributed by atoms with Crippen LogP contribution in [0.5, 0.6) is 0 Å². The van der Waals surface area contributed by atoms with Crippen LogP contribution in [0.4, 0.5) is 0 Å². The lowest BCUT2D eigenvalue weighted by atomic mass is 9.57. The van der Waals surface area contributed by atoms with Crippen molar-refractivity contribution in [3.8, 4) is 0 Å². The molecular formula is C26H38N4O2. The standard InChI is InChI=1S/C26H38N4O2/c1-3-21(27-2)24(31)28-23-19-11-7-8-13-26(19)17-30(25(23)32)22-16-29(15-20(22)26)14-12-18-9-5-4-6-10-18/h4-6,9-10,19-23,27H,3,7-8,11-17H2,1-2H3,(H,28,31)/t19?,20-,21-,22+,23-,26?/m0/s1. The van der Waals surface area contributed by atoms with Crippen LogP contribution >= 0.6 is 0 Å². The van der Waals surface area contributed by atoms with Crippen LogP contribution in [0, 0.1) is 17.3 Å². The maximum atomic E-state index is 13.7. The second kappa shape index (κ2) is 8.79. The molecule has 1 aliphatic carbocycles. The van der Waals surface area contributed by atoms with E-state index in [0.29, 0.717) is 12.0 Å². The molecule has 1 saturated carbocycles. The summed E-state index contributed by atoms with van der Waals surface area (Å²) in [7, 11) is 1.82. The molecule has 174 valence electrons. The fourth-order valence-corrected chi connectivity index (χ4v) is 7.39. The van der Waals surface area contributed by atoms with E-state index in [2.05, 4.69) is 50.8 Å². The first kappa shape index (κ1) is 21.9. The minimum atomic E-state index is -0.345. The van der Waals surface area contributed by atoms with Gasteiger partial charge in [0.1, 0.15) is 6.04 Å². The van der Waals surface area contributed by atoms with Crippen LogP contribution in [0.15, 0.2) is 30.3 Å². The Bertz CT molecular complexity index is 841. The van der Waals surface area contributed by atoms with Crippen LogP contribution in [0.1, 0.15) is 44.6 Å². The lowest BCUT2D eigenvalue weighted by Crippen LogP contribution is -2.64. The predicted molar refractivity (Wildman–Crippen MR) is 125 cm³/mol. The van der Waals surface area contributed by atoms with Crippen LogP contribution in [-0.4, -0.2) is 73.0 Å². The number of hydrogen-bond acceptors (Lipinski definition) is 4. The molecule has 2 amide bonds. The average molecular weight is 439 g/mol. The summed E-state index contributed by atoms with van der Waals surface area (Å²) in [4.78, 5) is 31.3. The summed E-state index contributed by atoms with van der Waals surface area (Å²) < 4.78 is 0. The van der Waals surface area contributed by atoms with Crippen molar-refractivity contribution in [3.05, 3.63) is 35.9 Å². The van der Waals surface area contributed by atoms with Gasteiger partial charge in [0.25, 0.3) is 0 Å². The first-order chi connectivity index (χ1) is 15.6. The number of hydrogen-bond donors (Lipinski definition) is 2. The summed E-state index contributed by atoms with van der Waals surface area (Å²) in [5.41, 5.74) is 1.56. The molecule has 4 fully saturated rings. The van der Waals surface area contributed by atoms with Gasteiger partial charge in [-0.2, -0.15) is 0 Å². The van der Waals surface area contributed by atoms with Gasteiger partial charge in [-0.1, -0.05) is 50.1 Å². The number of carbonyl (C=O) groups is 2. The molecule has 1 spiro atoms. The topological polar surface area (TPSA) is 64.7 Å². The highest BCUT2D eigenvalue weighted by atomic mass is 16.2. The largest absolute Gasteiger partial charge is 0.343 e. The van der Waals surface area contributed by atoms with Gasteiger partial charge in [0, 0.05) is 38.1 Å². The summed E-state index contributed by atoms with van der Waals surface area (Å²) in [6.07, 6.45) is 6.47. The van der Waals surface area contributed by atoms with Gasteiger partial charge in [0.2, 0.25) is 11.8 Å². The third-order valence-electron chi connectivity index (χ3n) is 9.00. The fourth-order valence-electron chi connectivity index (χ4n) is 7.39. The Labute approximate surface area is 192 Å². The Kier molecular flexibility index (Phi) is 6.01. The molecule has 6 nitrogen and oxygen atoms in total. The quantitative estimate of drug-likeness (QED) is 0.684. The number of amides is 2. The molecule has 2 N–H and O–H groups in total. The lowest BCUT2D eigenvalue weighted by Gasteiger charge is -2.51. The molecule has 0 aromatic heterocycles. The smallest absolute Gasteiger partial charge is 0.245 e. The summed E-state index contributed by atoms with van der Waals surface area (Å²) >= 11 is 0. The van der Waals surface area contributed by atoms with Crippen molar-refractivity contribution >= 4 is 11.8 Å². The van der Waals surface area contributed by atoms with Gasteiger partial charge in [-0.3, -0.25) is 9.59 Å². The second-order valence-corrected chi connectivity index (χ2v) is 10.5. The maximum Gasteiger partial charge on any atom is 0.245 e. The third kappa shape index (κ3) is 3.56. The fraction of sp³-hybridized carbons (Fsp3) is 0.692. The first-order valence-corrected chi connectivity index (χ1v) is 12.6. The van der Waals surface area contributed by atoms with Crippen molar-refractivity contribution < 1.29 is 9.59 Å². The summed E-state index contributed by atoms with van der Waals surface area (Å²) in [6.45, 7) is 6.04. The lowest BCUT2D eigenvalue weighted by molar-refractivity contribution is -0.146. The van der Waals surface area contributed by atoms with Gasteiger partial charge in [0.05, 0.1) is 6.04 Å². The first-order valence-electron chi connectivity index (χ1n) is 12.6. The van der Waals surface area contributed by atoms with Crippen LogP contribution in [-0.2, 0) is 16.0 Å². The van der Waals surface area contributed by atoms with Crippen molar-refractivity contribution in [2.45, 2.75) is 63.6 Å². The van der Waals surface area contributed by atoms with E-state index >= 15 is 0 Å². The van der Waals surface area contributed by atoms with Gasteiger partial charge < -0.3 is 20.4 Å². The van der Waals surface area contributed by atoms with Crippen molar-refractivity contribution in [1.29, 1.82) is 0 Å². The molecule has 6 atom stereocenters. The van der Waals surface area contributed by atoms with Gasteiger partial charge >= 0.3 is 0 Å². The van der Waals surface area contributed by atoms with E-state index in [4.69, 9.17) is 0 Å². The van der Waals surface area contributed by atoms with Crippen molar-refractivity contribution in [1.82, 2.24) is 20.4 Å². The number of piperidine rings is 1. The van der Waals surface area contributed by atoms with E-state index in [1.54, 1.807) is 0 Å². The molecule has 3 saturated heterocycles. The van der Waals surface area contributed by atoms with Crippen molar-refractivity contribution in [3.63, 3.8) is 0 Å². The number of likely N-dealkylation sites (N-methyl/N-ethyl adjacent to an activating group) is 1. The molecule has 3 aliphatic heterocycles. The number of likely N-dealkylation sites (tertiary alicyclic amines) is 1. The van der Waals surface area contributed by atoms with E-state index in [0.717, 1.165) is 45.4 Å². The van der Waals surface area contributed by atoms with Crippen LogP contribution in [0.2, 0.25) is 0 Å². The van der Waals surface area contributed by atoms with E-state index in [1.807, 2.05) is 14.0 Å². The minimum Gasteiger partial charge on any atom is -0.343 e. The van der Waals surface area contributed by atoms with E-state index in [-0.39, 0.29) is 35.2 Å². The molecular weight excluding hydrogens is 400 g/mol. The summed E-state index contributed by atoms with van der Waals surface area (Å²) in [6, 6.07) is 10.4. The van der Waals surface area contributed by atoms with Crippen molar-refractivity contribution in [2.75, 3.05) is 33.2 Å². The van der Waals surface area contributed by atoms with Crippen LogP contribution < -0.4 is 10.6 Å². The number of rotatable bonds is 7. The van der Waals surface area contributed by atoms with Gasteiger partial charge in [-0.25, -0.2) is 0 Å². The highest BCUT2D eigenvalue weighted by Crippen LogP contribution is 2.59. The molecule has 32 heavy (non-hydrogen) atoms. The number of benzene rings is 1. The zero-order valence-corrected chi connectivity index (χ0v) is 19.6. The Morgan fingerprint density at radius 1 is 1.19 bits per heavy atom. The van der Waals surface area contributed by atoms with Crippen LogP contribution in [0.25, 0.3) is 0 Å². The number of carbonyl (C=O) groups excluding carboxylic acids is 2. The van der Waals surface area contributed by atoms with E-state index < -0.39 is 0 Å². The Hall–Kier alpha value is -1.92. The van der Waals surface area contributed by atoms with Gasteiger partial charge in [0.15, 0.2) is 0 Å². The Morgan fingerprint density at radius 3 is 2.75 bits per heavy atom. The van der Waals surface area contributed by atoms with E-state index in [9.17, 15) is 9.59 Å². The van der Waals surface area contributed by atoms with Crippen LogP contribution in [0.3, 0.4) is 0 Å². The second-order valence-electron chi connectivity index (χ2n) is 10.5. The number of fused-ring (bicyclic) bond motifs is 3. The van der Waals surface area contributed by atoms with Crippen molar-refractivity contribution in [2.24, 2.45) is 17.3 Å². The van der Waals surface area contributed by atoms with Gasteiger partial charge in [-0.15, -0.1) is 0 Å². The predicted octanol–water partition coefficient (Wildman–Crippen LogP) is 2.04. The summed E-state index contributed by atoms with van der Waals surface area (Å²) in [5, 5.41) is 6.30. The highest BCUT2D eigenvalue weighted by Gasteiger charge is 2.66. The number of nitrogens with one attached hydrogen (secondary N) is 2. The molecule has 2 bridgehead atoms. The Morgan fingerprint density at radius 2 is 2.00 bits per heavy atom. The third-order valence-corrected chi connectivity index (χ3v) is 9.00. The minimum absolute atomic E-state index is 0.0220. The zero-order valence-electron chi connectivity index (χ0n) is 19.6. The van der Waals surface area contributed by atoms with E-state index in [1.165, 1.54) is 24.8 Å². The average Bonchev–Trinajstić information content (AvgIpc) is 3.35. The molecule has 3 heterocycles. The number of nitrogens with zero attached hydrogens (tertiary/aromatic N) is 2. The maximum absolute atomic E-state index is 13.7. The molecule has 4 aliphatic rings. The molecule has 6 heteroatoms. The highest BCUT2D eigenvalue weighted by molar-refractivity contribution is 5.91. The summed E-state index contributed by atoms with van der Waals surface area (Å²) in [5.74, 6) is 0.971. The molecule has 2 unspecified atom stereocenters. The SMILES string of the molecule is CC[C@H](NC)C(=O)N[C@@H]1C(=O)N2CC3(CCCCC13)[C@H]1CN(CCc3ccccc3)C[C@H]12. The molecule has 0 radical (unpaired) electrons. The zero-order chi connectivity index (χ0) is 22.3. The molecule has 5 rings (SSSR count).